The van der Waals surface area contributed by atoms with Crippen molar-refractivity contribution >= 4 is 5.91 Å². The summed E-state index contributed by atoms with van der Waals surface area (Å²) in [5, 5.41) is 0. The number of hydrogen-bond donors (Lipinski definition) is 1. The third-order valence-corrected chi connectivity index (χ3v) is 3.57. The zero-order valence-corrected chi connectivity index (χ0v) is 11.2. The van der Waals surface area contributed by atoms with Crippen molar-refractivity contribution in [3.8, 4) is 0 Å². The van der Waals surface area contributed by atoms with Crippen LogP contribution in [0.2, 0.25) is 0 Å². The summed E-state index contributed by atoms with van der Waals surface area (Å²) in [6.45, 7) is 7.66. The lowest BCUT2D eigenvalue weighted by Gasteiger charge is -2.38. The highest BCUT2D eigenvalue weighted by Gasteiger charge is 2.40. The van der Waals surface area contributed by atoms with E-state index in [2.05, 4.69) is 13.8 Å². The maximum Gasteiger partial charge on any atom is 0.230 e. The summed E-state index contributed by atoms with van der Waals surface area (Å²) >= 11 is 0. The van der Waals surface area contributed by atoms with E-state index in [0.717, 1.165) is 38.8 Å². The predicted octanol–water partition coefficient (Wildman–Crippen LogP) is 1.39. The number of hydrogen-bond acceptors (Lipinski definition) is 3. The first kappa shape index (κ1) is 14.5. The van der Waals surface area contributed by atoms with Gasteiger partial charge in [-0.1, -0.05) is 13.8 Å². The van der Waals surface area contributed by atoms with Gasteiger partial charge in [-0.05, 0) is 25.7 Å². The van der Waals surface area contributed by atoms with Crippen molar-refractivity contribution in [1.29, 1.82) is 0 Å². The summed E-state index contributed by atoms with van der Waals surface area (Å²) in [6.07, 6.45) is 3.55. The first-order valence-electron chi connectivity index (χ1n) is 6.77. The van der Waals surface area contributed by atoms with Gasteiger partial charge in [0.2, 0.25) is 5.91 Å². The van der Waals surface area contributed by atoms with E-state index in [1.54, 1.807) is 0 Å². The number of nitrogens with two attached hydrogens (primary N) is 1. The lowest BCUT2D eigenvalue weighted by molar-refractivity contribution is -0.147. The van der Waals surface area contributed by atoms with E-state index in [4.69, 9.17) is 10.5 Å². The van der Waals surface area contributed by atoms with Crippen molar-refractivity contribution in [2.24, 2.45) is 11.1 Å². The minimum absolute atomic E-state index is 0.243. The second-order valence-electron chi connectivity index (χ2n) is 4.89. The van der Waals surface area contributed by atoms with Gasteiger partial charge in [-0.25, -0.2) is 0 Å². The Kier molecular flexibility index (Phi) is 5.92. The summed E-state index contributed by atoms with van der Waals surface area (Å²) in [4.78, 5) is 14.6. The minimum Gasteiger partial charge on any atom is -0.381 e. The normalized spacial score (nSPS) is 19.0. The molecule has 0 bridgehead atoms. The molecule has 4 nitrogen and oxygen atoms in total. The molecule has 4 heteroatoms. The molecule has 0 aromatic heterocycles. The molecule has 0 unspecified atom stereocenters. The highest BCUT2D eigenvalue weighted by Crippen LogP contribution is 2.31. The van der Waals surface area contributed by atoms with Crippen LogP contribution in [-0.2, 0) is 9.53 Å². The Labute approximate surface area is 104 Å². The second kappa shape index (κ2) is 6.97. The van der Waals surface area contributed by atoms with E-state index in [1.807, 2.05) is 4.90 Å². The predicted molar refractivity (Wildman–Crippen MR) is 68.7 cm³/mol. The topological polar surface area (TPSA) is 55.6 Å². The Morgan fingerprint density at radius 2 is 1.76 bits per heavy atom. The number of carbonyl (C=O) groups excluding carboxylic acids is 1. The summed E-state index contributed by atoms with van der Waals surface area (Å²) < 4.78 is 5.35. The van der Waals surface area contributed by atoms with Crippen LogP contribution in [0.15, 0.2) is 0 Å². The lowest BCUT2D eigenvalue weighted by Crippen LogP contribution is -2.51. The number of amides is 1. The summed E-state index contributed by atoms with van der Waals surface area (Å²) in [6, 6.07) is 0. The van der Waals surface area contributed by atoms with Crippen LogP contribution in [0.4, 0.5) is 0 Å². The molecule has 0 aromatic rings. The minimum atomic E-state index is -0.359. The highest BCUT2D eigenvalue weighted by atomic mass is 16.5. The van der Waals surface area contributed by atoms with Crippen molar-refractivity contribution in [3.05, 3.63) is 0 Å². The summed E-state index contributed by atoms with van der Waals surface area (Å²) in [5.41, 5.74) is 5.51. The van der Waals surface area contributed by atoms with Crippen LogP contribution >= 0.6 is 0 Å². The van der Waals surface area contributed by atoms with Gasteiger partial charge in [0.15, 0.2) is 0 Å². The molecule has 100 valence electrons. The van der Waals surface area contributed by atoms with Gasteiger partial charge in [0, 0.05) is 32.8 Å². The van der Waals surface area contributed by atoms with Crippen LogP contribution in [0.3, 0.4) is 0 Å². The molecule has 1 amide bonds. The molecule has 2 N–H and O–H groups in total. The Bertz CT molecular complexity index is 232. The number of nitrogens with zero attached hydrogens (tertiary/aromatic N) is 1. The first-order valence-corrected chi connectivity index (χ1v) is 6.77. The molecule has 0 atom stereocenters. The van der Waals surface area contributed by atoms with Gasteiger partial charge in [0.25, 0.3) is 0 Å². The lowest BCUT2D eigenvalue weighted by atomic mass is 9.78. The van der Waals surface area contributed by atoms with Crippen LogP contribution in [0.25, 0.3) is 0 Å². The van der Waals surface area contributed by atoms with Gasteiger partial charge in [-0.15, -0.1) is 0 Å². The molecule has 1 aliphatic heterocycles. The van der Waals surface area contributed by atoms with Crippen molar-refractivity contribution in [3.63, 3.8) is 0 Å². The standard InChI is InChI=1S/C13H26N2O2/c1-3-7-15(8-4-2)12(16)13(11-14)5-9-17-10-6-13/h3-11,14H2,1-2H3. The third kappa shape index (κ3) is 3.42. The molecule has 0 spiro atoms. The molecular formula is C13H26N2O2. The maximum atomic E-state index is 12.6. The number of ether oxygens (including phenoxy) is 1. The Balaban J connectivity index is 2.74. The van der Waals surface area contributed by atoms with Crippen LogP contribution in [0.5, 0.6) is 0 Å². The summed E-state index contributed by atoms with van der Waals surface area (Å²) in [7, 11) is 0. The van der Waals surface area contributed by atoms with Gasteiger partial charge in [0.1, 0.15) is 0 Å². The van der Waals surface area contributed by atoms with E-state index in [-0.39, 0.29) is 11.3 Å². The molecule has 1 heterocycles. The van der Waals surface area contributed by atoms with Crippen LogP contribution in [0.1, 0.15) is 39.5 Å². The van der Waals surface area contributed by atoms with Crippen LogP contribution in [0, 0.1) is 5.41 Å². The number of rotatable bonds is 6. The van der Waals surface area contributed by atoms with E-state index >= 15 is 0 Å². The zero-order chi connectivity index (χ0) is 12.7. The average molecular weight is 242 g/mol. The average Bonchev–Trinajstić information content (AvgIpc) is 2.38. The molecule has 1 rings (SSSR count). The molecule has 1 fully saturated rings. The van der Waals surface area contributed by atoms with E-state index in [1.165, 1.54) is 0 Å². The quantitative estimate of drug-likeness (QED) is 0.766. The van der Waals surface area contributed by atoms with E-state index in [9.17, 15) is 4.79 Å². The van der Waals surface area contributed by atoms with E-state index in [0.29, 0.717) is 19.8 Å². The molecule has 0 aliphatic carbocycles. The molecular weight excluding hydrogens is 216 g/mol. The van der Waals surface area contributed by atoms with Gasteiger partial charge in [0.05, 0.1) is 5.41 Å². The van der Waals surface area contributed by atoms with Crippen molar-refractivity contribution in [2.75, 3.05) is 32.8 Å². The van der Waals surface area contributed by atoms with Crippen LogP contribution in [-0.4, -0.2) is 43.7 Å². The molecule has 0 saturated carbocycles. The fourth-order valence-corrected chi connectivity index (χ4v) is 2.46. The molecule has 17 heavy (non-hydrogen) atoms. The fraction of sp³-hybridized carbons (Fsp3) is 0.923. The van der Waals surface area contributed by atoms with Gasteiger partial charge < -0.3 is 15.4 Å². The Morgan fingerprint density at radius 1 is 1.24 bits per heavy atom. The molecule has 0 aromatic carbocycles. The fourth-order valence-electron chi connectivity index (χ4n) is 2.46. The zero-order valence-electron chi connectivity index (χ0n) is 11.2. The van der Waals surface area contributed by atoms with Crippen LogP contribution < -0.4 is 5.73 Å². The highest BCUT2D eigenvalue weighted by molar-refractivity contribution is 5.83. The molecule has 1 saturated heterocycles. The second-order valence-corrected chi connectivity index (χ2v) is 4.89. The Morgan fingerprint density at radius 3 is 2.18 bits per heavy atom. The van der Waals surface area contributed by atoms with Crippen molar-refractivity contribution in [1.82, 2.24) is 4.90 Å². The van der Waals surface area contributed by atoms with E-state index < -0.39 is 0 Å². The first-order chi connectivity index (χ1) is 8.20. The monoisotopic (exact) mass is 242 g/mol. The molecule has 1 aliphatic rings. The van der Waals surface area contributed by atoms with Crippen molar-refractivity contribution < 1.29 is 9.53 Å². The Hall–Kier alpha value is -0.610. The molecule has 0 radical (unpaired) electrons. The largest absolute Gasteiger partial charge is 0.381 e. The number of carbonyl (C=O) groups is 1. The van der Waals surface area contributed by atoms with Gasteiger partial charge in [-0.2, -0.15) is 0 Å². The SMILES string of the molecule is CCCN(CCC)C(=O)C1(CN)CCOCC1. The maximum absolute atomic E-state index is 12.6. The van der Waals surface area contributed by atoms with Crippen molar-refractivity contribution in [2.45, 2.75) is 39.5 Å². The summed E-state index contributed by atoms with van der Waals surface area (Å²) in [5.74, 6) is 0.243. The van der Waals surface area contributed by atoms with Gasteiger partial charge >= 0.3 is 0 Å². The third-order valence-electron chi connectivity index (χ3n) is 3.57. The smallest absolute Gasteiger partial charge is 0.230 e. The van der Waals surface area contributed by atoms with Gasteiger partial charge in [-0.3, -0.25) is 4.79 Å².